The van der Waals surface area contributed by atoms with Crippen molar-refractivity contribution < 1.29 is 9.53 Å². The standard InChI is InChI=1S/C16H17BrN2O2/c1-21-16(20)11-2-5-13(9-11)18-15-7-3-10-8-12(17)4-6-14(10)19-15/h3-4,6-8,11,13H,2,5,9H2,1H3,(H,18,19)/t11-,13+/m0/s1. The van der Waals surface area contributed by atoms with Crippen LogP contribution in [0.3, 0.4) is 0 Å². The average Bonchev–Trinajstić information content (AvgIpc) is 2.95. The van der Waals surface area contributed by atoms with Gasteiger partial charge in [0.05, 0.1) is 18.5 Å². The number of pyridine rings is 1. The summed E-state index contributed by atoms with van der Waals surface area (Å²) in [5.74, 6) is 0.778. The van der Waals surface area contributed by atoms with Crippen molar-refractivity contribution in [3.63, 3.8) is 0 Å². The lowest BCUT2D eigenvalue weighted by Crippen LogP contribution is -2.19. The van der Waals surface area contributed by atoms with Crippen molar-refractivity contribution in [2.24, 2.45) is 5.92 Å². The Hall–Kier alpha value is -1.62. The number of nitrogens with zero attached hydrogens (tertiary/aromatic N) is 1. The molecule has 3 rings (SSSR count). The number of nitrogens with one attached hydrogen (secondary N) is 1. The molecule has 21 heavy (non-hydrogen) atoms. The predicted octanol–water partition coefficient (Wildman–Crippen LogP) is 3.75. The summed E-state index contributed by atoms with van der Waals surface area (Å²) in [6.07, 6.45) is 2.66. The zero-order valence-electron chi connectivity index (χ0n) is 11.8. The largest absolute Gasteiger partial charge is 0.469 e. The molecule has 2 aromatic rings. The van der Waals surface area contributed by atoms with Gasteiger partial charge in [0.2, 0.25) is 0 Å². The van der Waals surface area contributed by atoms with Crippen molar-refractivity contribution in [1.82, 2.24) is 4.98 Å². The van der Waals surface area contributed by atoms with Crippen LogP contribution in [0.5, 0.6) is 0 Å². The van der Waals surface area contributed by atoms with Crippen molar-refractivity contribution in [1.29, 1.82) is 0 Å². The number of rotatable bonds is 3. The van der Waals surface area contributed by atoms with E-state index in [1.54, 1.807) is 0 Å². The third-order valence-corrected chi connectivity index (χ3v) is 4.46. The van der Waals surface area contributed by atoms with E-state index in [4.69, 9.17) is 4.74 Å². The Labute approximate surface area is 132 Å². The highest BCUT2D eigenvalue weighted by atomic mass is 79.9. The van der Waals surface area contributed by atoms with Crippen LogP contribution in [0.15, 0.2) is 34.8 Å². The van der Waals surface area contributed by atoms with E-state index in [1.165, 1.54) is 7.11 Å². The summed E-state index contributed by atoms with van der Waals surface area (Å²) < 4.78 is 5.86. The summed E-state index contributed by atoms with van der Waals surface area (Å²) in [5, 5.41) is 4.53. The van der Waals surface area contributed by atoms with E-state index in [2.05, 4.69) is 38.4 Å². The summed E-state index contributed by atoms with van der Waals surface area (Å²) >= 11 is 3.46. The molecule has 4 nitrogen and oxygen atoms in total. The summed E-state index contributed by atoms with van der Waals surface area (Å²) in [7, 11) is 1.45. The summed E-state index contributed by atoms with van der Waals surface area (Å²) in [4.78, 5) is 16.2. The van der Waals surface area contributed by atoms with E-state index in [1.807, 2.05) is 18.2 Å². The summed E-state index contributed by atoms with van der Waals surface area (Å²) in [5.41, 5.74) is 0.964. The molecule has 1 aliphatic rings. The van der Waals surface area contributed by atoms with E-state index in [9.17, 15) is 4.79 Å². The van der Waals surface area contributed by atoms with E-state index < -0.39 is 0 Å². The highest BCUT2D eigenvalue weighted by molar-refractivity contribution is 9.10. The first-order valence-electron chi connectivity index (χ1n) is 7.06. The molecule has 110 valence electrons. The third kappa shape index (κ3) is 3.18. The Bertz CT molecular complexity index is 674. The average molecular weight is 349 g/mol. The Morgan fingerprint density at radius 2 is 2.19 bits per heavy atom. The number of hydrogen-bond donors (Lipinski definition) is 1. The van der Waals surface area contributed by atoms with Crippen LogP contribution in [-0.2, 0) is 9.53 Å². The zero-order chi connectivity index (χ0) is 14.8. The highest BCUT2D eigenvalue weighted by Gasteiger charge is 2.30. The first-order chi connectivity index (χ1) is 10.2. The number of aromatic nitrogens is 1. The lowest BCUT2D eigenvalue weighted by atomic mass is 10.1. The van der Waals surface area contributed by atoms with Crippen molar-refractivity contribution in [2.75, 3.05) is 12.4 Å². The van der Waals surface area contributed by atoms with Crippen LogP contribution < -0.4 is 5.32 Å². The van der Waals surface area contributed by atoms with E-state index in [0.29, 0.717) is 0 Å². The number of carbonyl (C=O) groups is 1. The minimum absolute atomic E-state index is 0.0175. The van der Waals surface area contributed by atoms with E-state index >= 15 is 0 Å². The second-order valence-corrected chi connectivity index (χ2v) is 6.32. The van der Waals surface area contributed by atoms with Gasteiger partial charge in [-0.15, -0.1) is 0 Å². The number of esters is 1. The minimum Gasteiger partial charge on any atom is -0.469 e. The molecule has 1 saturated carbocycles. The maximum Gasteiger partial charge on any atom is 0.308 e. The van der Waals surface area contributed by atoms with Gasteiger partial charge in [0, 0.05) is 15.9 Å². The van der Waals surface area contributed by atoms with Gasteiger partial charge in [-0.05, 0) is 49.6 Å². The number of methoxy groups -OCH3 is 1. The highest BCUT2D eigenvalue weighted by Crippen LogP contribution is 2.29. The fraction of sp³-hybridized carbons (Fsp3) is 0.375. The molecule has 0 spiro atoms. The van der Waals surface area contributed by atoms with Crippen molar-refractivity contribution >= 4 is 38.6 Å². The Morgan fingerprint density at radius 1 is 1.33 bits per heavy atom. The Balaban J connectivity index is 1.71. The van der Waals surface area contributed by atoms with Gasteiger partial charge < -0.3 is 10.1 Å². The van der Waals surface area contributed by atoms with Crippen molar-refractivity contribution in [2.45, 2.75) is 25.3 Å². The molecule has 1 heterocycles. The number of ether oxygens (including phenoxy) is 1. The van der Waals surface area contributed by atoms with Crippen molar-refractivity contribution in [3.05, 3.63) is 34.8 Å². The molecule has 1 fully saturated rings. The molecule has 1 aromatic heterocycles. The molecule has 5 heteroatoms. The number of benzene rings is 1. The van der Waals surface area contributed by atoms with Crippen LogP contribution in [-0.4, -0.2) is 24.1 Å². The van der Waals surface area contributed by atoms with Crippen molar-refractivity contribution in [3.8, 4) is 0 Å². The van der Waals surface area contributed by atoms with Gasteiger partial charge in [0.15, 0.2) is 0 Å². The second kappa shape index (κ2) is 6.02. The fourth-order valence-corrected chi connectivity index (χ4v) is 3.26. The molecule has 0 bridgehead atoms. The zero-order valence-corrected chi connectivity index (χ0v) is 13.4. The van der Waals surface area contributed by atoms with Gasteiger partial charge in [-0.1, -0.05) is 15.9 Å². The topological polar surface area (TPSA) is 51.2 Å². The molecule has 1 aliphatic carbocycles. The molecule has 1 aromatic carbocycles. The molecular formula is C16H17BrN2O2. The van der Waals surface area contributed by atoms with Crippen LogP contribution in [0.4, 0.5) is 5.82 Å². The second-order valence-electron chi connectivity index (χ2n) is 5.41. The fourth-order valence-electron chi connectivity index (χ4n) is 2.88. The quantitative estimate of drug-likeness (QED) is 0.858. The Kier molecular flexibility index (Phi) is 4.10. The number of fused-ring (bicyclic) bond motifs is 1. The Morgan fingerprint density at radius 3 is 3.00 bits per heavy atom. The molecule has 0 unspecified atom stereocenters. The van der Waals surface area contributed by atoms with E-state index in [0.717, 1.165) is 40.5 Å². The predicted molar refractivity (Wildman–Crippen MR) is 86.2 cm³/mol. The molecule has 0 amide bonds. The van der Waals surface area contributed by atoms with Crippen LogP contribution >= 0.6 is 15.9 Å². The molecular weight excluding hydrogens is 332 g/mol. The number of hydrogen-bond acceptors (Lipinski definition) is 4. The lowest BCUT2D eigenvalue weighted by molar-refractivity contribution is -0.145. The molecule has 0 aliphatic heterocycles. The monoisotopic (exact) mass is 348 g/mol. The molecule has 1 N–H and O–H groups in total. The van der Waals surface area contributed by atoms with Crippen LogP contribution in [0.2, 0.25) is 0 Å². The van der Waals surface area contributed by atoms with E-state index in [-0.39, 0.29) is 17.9 Å². The van der Waals surface area contributed by atoms with Gasteiger partial charge in [-0.3, -0.25) is 4.79 Å². The maximum absolute atomic E-state index is 11.5. The summed E-state index contributed by atoms with van der Waals surface area (Å²) in [6, 6.07) is 10.4. The lowest BCUT2D eigenvalue weighted by Gasteiger charge is -2.14. The van der Waals surface area contributed by atoms with Gasteiger partial charge in [-0.2, -0.15) is 0 Å². The van der Waals surface area contributed by atoms with Crippen LogP contribution in [0, 0.1) is 5.92 Å². The normalized spacial score (nSPS) is 21.4. The molecule has 0 radical (unpaired) electrons. The van der Waals surface area contributed by atoms with Crippen LogP contribution in [0.1, 0.15) is 19.3 Å². The summed E-state index contributed by atoms with van der Waals surface area (Å²) in [6.45, 7) is 0. The van der Waals surface area contributed by atoms with Crippen LogP contribution in [0.25, 0.3) is 10.9 Å². The molecule has 2 atom stereocenters. The first-order valence-corrected chi connectivity index (χ1v) is 7.85. The van der Waals surface area contributed by atoms with Gasteiger partial charge in [0.1, 0.15) is 5.82 Å². The van der Waals surface area contributed by atoms with Gasteiger partial charge >= 0.3 is 5.97 Å². The van der Waals surface area contributed by atoms with Gasteiger partial charge in [0.25, 0.3) is 0 Å². The number of halogens is 1. The third-order valence-electron chi connectivity index (χ3n) is 3.97. The van der Waals surface area contributed by atoms with Gasteiger partial charge in [-0.25, -0.2) is 4.98 Å². The first kappa shape index (κ1) is 14.3. The minimum atomic E-state index is -0.101. The number of carbonyl (C=O) groups excluding carboxylic acids is 1. The SMILES string of the molecule is COC(=O)[C@H]1CC[C@@H](Nc2ccc3cc(Br)ccc3n2)C1. The maximum atomic E-state index is 11.5. The number of anilines is 1. The smallest absolute Gasteiger partial charge is 0.308 e. The molecule has 0 saturated heterocycles.